The first-order valence-corrected chi connectivity index (χ1v) is 8.93. The van der Waals surface area contributed by atoms with Crippen LogP contribution in [-0.4, -0.2) is 74.1 Å². The number of carbonyl (C=O) groups is 1. The Kier molecular flexibility index (Phi) is 5.74. The van der Waals surface area contributed by atoms with Crippen LogP contribution in [0.15, 0.2) is 9.42 Å². The van der Waals surface area contributed by atoms with E-state index in [4.69, 9.17) is 4.52 Å². The van der Waals surface area contributed by atoms with E-state index in [1.807, 2.05) is 0 Å². The van der Waals surface area contributed by atoms with Gasteiger partial charge in [0.1, 0.15) is 17.1 Å². The van der Waals surface area contributed by atoms with Crippen LogP contribution < -0.4 is 5.32 Å². The smallest absolute Gasteiger partial charge is 0.360 e. The Labute approximate surface area is 143 Å². The van der Waals surface area contributed by atoms with Gasteiger partial charge in [0.2, 0.25) is 15.9 Å². The molecule has 0 bridgehead atoms. The number of hydrogen-bond acceptors (Lipinski definition) is 6. The molecule has 0 aromatic carbocycles. The molecule has 1 saturated heterocycles. The van der Waals surface area contributed by atoms with E-state index in [9.17, 15) is 26.4 Å². The van der Waals surface area contributed by atoms with Crippen molar-refractivity contribution in [2.75, 3.05) is 39.3 Å². The van der Waals surface area contributed by atoms with Crippen molar-refractivity contribution in [3.63, 3.8) is 0 Å². The molecular weight excluding hydrogens is 365 g/mol. The molecule has 2 heterocycles. The molecule has 0 aliphatic carbocycles. The van der Waals surface area contributed by atoms with Crippen LogP contribution in [0.4, 0.5) is 13.2 Å². The molecule has 0 unspecified atom stereocenters. The fourth-order valence-corrected chi connectivity index (χ4v) is 4.27. The lowest BCUT2D eigenvalue weighted by molar-refractivity contribution is -0.139. The Morgan fingerprint density at radius 3 is 2.32 bits per heavy atom. The van der Waals surface area contributed by atoms with Gasteiger partial charge in [-0.15, -0.1) is 0 Å². The van der Waals surface area contributed by atoms with Crippen LogP contribution in [0.3, 0.4) is 0 Å². The first-order valence-electron chi connectivity index (χ1n) is 7.49. The first-order chi connectivity index (χ1) is 11.5. The molecule has 1 N–H and O–H groups in total. The molecule has 1 fully saturated rings. The number of rotatable bonds is 5. The molecule has 8 nitrogen and oxygen atoms in total. The third-order valence-electron chi connectivity index (χ3n) is 3.75. The minimum absolute atomic E-state index is 0.0314. The summed E-state index contributed by atoms with van der Waals surface area (Å²) in [4.78, 5) is 13.1. The molecular formula is C13H19F3N4O4S. The lowest BCUT2D eigenvalue weighted by Crippen LogP contribution is -2.51. The molecule has 142 valence electrons. The van der Waals surface area contributed by atoms with Crippen molar-refractivity contribution in [2.45, 2.75) is 24.9 Å². The average Bonchev–Trinajstić information content (AvgIpc) is 2.85. The van der Waals surface area contributed by atoms with E-state index >= 15 is 0 Å². The zero-order valence-corrected chi connectivity index (χ0v) is 14.6. The van der Waals surface area contributed by atoms with Gasteiger partial charge >= 0.3 is 6.18 Å². The molecule has 1 aromatic heterocycles. The summed E-state index contributed by atoms with van der Waals surface area (Å²) in [5, 5.41) is 5.43. The summed E-state index contributed by atoms with van der Waals surface area (Å²) in [6, 6.07) is 0. The number of alkyl halides is 3. The van der Waals surface area contributed by atoms with Crippen LogP contribution in [0.25, 0.3) is 0 Å². The normalized spacial score (nSPS) is 17.6. The van der Waals surface area contributed by atoms with Crippen LogP contribution in [-0.2, 0) is 14.8 Å². The number of sulfonamides is 1. The van der Waals surface area contributed by atoms with E-state index in [2.05, 4.69) is 5.16 Å². The maximum atomic E-state index is 12.6. The summed E-state index contributed by atoms with van der Waals surface area (Å²) in [6.07, 6.45) is -4.46. The van der Waals surface area contributed by atoms with Crippen molar-refractivity contribution >= 4 is 15.9 Å². The molecule has 2 rings (SSSR count). The monoisotopic (exact) mass is 384 g/mol. The maximum Gasteiger partial charge on any atom is 0.405 e. The van der Waals surface area contributed by atoms with Crippen molar-refractivity contribution in [1.82, 2.24) is 19.7 Å². The average molecular weight is 384 g/mol. The Hall–Kier alpha value is -1.66. The van der Waals surface area contributed by atoms with E-state index in [0.717, 1.165) is 0 Å². The van der Waals surface area contributed by atoms with E-state index in [1.165, 1.54) is 18.2 Å². The van der Waals surface area contributed by atoms with Gasteiger partial charge in [0, 0.05) is 26.2 Å². The van der Waals surface area contributed by atoms with E-state index < -0.39 is 28.7 Å². The number of aromatic nitrogens is 1. The van der Waals surface area contributed by atoms with Crippen molar-refractivity contribution < 1.29 is 30.9 Å². The van der Waals surface area contributed by atoms with Gasteiger partial charge < -0.3 is 9.84 Å². The molecule has 0 saturated carbocycles. The summed E-state index contributed by atoms with van der Waals surface area (Å²) in [5.41, 5.74) is 0.270. The molecule has 1 aliphatic heterocycles. The number of halogens is 3. The van der Waals surface area contributed by atoms with Gasteiger partial charge in [0.15, 0.2) is 5.76 Å². The van der Waals surface area contributed by atoms with Crippen molar-refractivity contribution in [3.8, 4) is 0 Å². The molecule has 12 heteroatoms. The predicted octanol–water partition coefficient (Wildman–Crippen LogP) is 0.276. The summed E-state index contributed by atoms with van der Waals surface area (Å²) in [6.45, 7) is 2.17. The summed E-state index contributed by atoms with van der Waals surface area (Å²) >= 11 is 0. The predicted molar refractivity (Wildman–Crippen MR) is 80.2 cm³/mol. The summed E-state index contributed by atoms with van der Waals surface area (Å²) < 4.78 is 67.6. The van der Waals surface area contributed by atoms with Gasteiger partial charge in [0.25, 0.3) is 0 Å². The lowest BCUT2D eigenvalue weighted by Gasteiger charge is -2.33. The number of amides is 1. The standard InChI is InChI=1S/C13H19F3N4O4S/c1-9-12(10(2)24-18-9)25(22,23)20-5-3-19(4-6-20)7-11(21)17-8-13(14,15)16/h3-8H2,1-2H3,(H,17,21). The molecule has 1 amide bonds. The molecule has 1 aromatic rings. The molecule has 0 spiro atoms. The van der Waals surface area contributed by atoms with Gasteiger partial charge in [-0.25, -0.2) is 8.42 Å². The third kappa shape index (κ3) is 4.92. The number of nitrogens with zero attached hydrogens (tertiary/aromatic N) is 3. The molecule has 0 atom stereocenters. The van der Waals surface area contributed by atoms with Crippen molar-refractivity contribution in [3.05, 3.63) is 11.5 Å². The third-order valence-corrected chi connectivity index (χ3v) is 5.89. The fraction of sp³-hybridized carbons (Fsp3) is 0.692. The maximum absolute atomic E-state index is 12.6. The van der Waals surface area contributed by atoms with Crippen LogP contribution >= 0.6 is 0 Å². The highest BCUT2D eigenvalue weighted by Crippen LogP contribution is 2.24. The fourth-order valence-electron chi connectivity index (χ4n) is 2.56. The number of nitrogens with one attached hydrogen (secondary N) is 1. The quantitative estimate of drug-likeness (QED) is 0.783. The number of aryl methyl sites for hydroxylation is 2. The van der Waals surface area contributed by atoms with Crippen LogP contribution in [0, 0.1) is 13.8 Å². The SMILES string of the molecule is Cc1noc(C)c1S(=O)(=O)N1CCN(CC(=O)NCC(F)(F)F)CC1. The number of carbonyl (C=O) groups excluding carboxylic acids is 1. The van der Waals surface area contributed by atoms with Crippen molar-refractivity contribution in [1.29, 1.82) is 0 Å². The number of piperazine rings is 1. The second-order valence-corrected chi connectivity index (χ2v) is 7.60. The summed E-state index contributed by atoms with van der Waals surface area (Å²) in [7, 11) is -3.76. The van der Waals surface area contributed by atoms with Gasteiger partial charge in [-0.3, -0.25) is 9.69 Å². The zero-order valence-electron chi connectivity index (χ0n) is 13.8. The Balaban J connectivity index is 1.90. The highest BCUT2D eigenvalue weighted by Gasteiger charge is 2.34. The lowest BCUT2D eigenvalue weighted by atomic mass is 10.3. The minimum atomic E-state index is -4.46. The molecule has 0 radical (unpaired) electrons. The first kappa shape index (κ1) is 19.7. The topological polar surface area (TPSA) is 95.8 Å². The van der Waals surface area contributed by atoms with Crippen LogP contribution in [0.1, 0.15) is 11.5 Å². The van der Waals surface area contributed by atoms with Crippen LogP contribution in [0.5, 0.6) is 0 Å². The Morgan fingerprint density at radius 1 is 1.24 bits per heavy atom. The minimum Gasteiger partial charge on any atom is -0.360 e. The second-order valence-electron chi connectivity index (χ2n) is 5.73. The molecule has 25 heavy (non-hydrogen) atoms. The van der Waals surface area contributed by atoms with Gasteiger partial charge in [-0.2, -0.15) is 17.5 Å². The van der Waals surface area contributed by atoms with E-state index in [0.29, 0.717) is 0 Å². The number of hydrogen-bond donors (Lipinski definition) is 1. The highest BCUT2D eigenvalue weighted by atomic mass is 32.2. The van der Waals surface area contributed by atoms with Gasteiger partial charge in [0.05, 0.1) is 6.54 Å². The Morgan fingerprint density at radius 2 is 1.84 bits per heavy atom. The van der Waals surface area contributed by atoms with Crippen molar-refractivity contribution in [2.24, 2.45) is 0 Å². The van der Waals surface area contributed by atoms with Gasteiger partial charge in [-0.1, -0.05) is 5.16 Å². The Bertz CT molecular complexity index is 705. The van der Waals surface area contributed by atoms with E-state index in [1.54, 1.807) is 10.2 Å². The zero-order chi connectivity index (χ0) is 18.8. The summed E-state index contributed by atoms with van der Waals surface area (Å²) in [5.74, 6) is -0.550. The van der Waals surface area contributed by atoms with E-state index in [-0.39, 0.29) is 49.1 Å². The second kappa shape index (κ2) is 7.30. The van der Waals surface area contributed by atoms with Crippen LogP contribution in [0.2, 0.25) is 0 Å². The highest BCUT2D eigenvalue weighted by molar-refractivity contribution is 7.89. The van der Waals surface area contributed by atoms with Gasteiger partial charge in [-0.05, 0) is 13.8 Å². The molecule has 1 aliphatic rings. The largest absolute Gasteiger partial charge is 0.405 e.